The molecule has 0 saturated carbocycles. The van der Waals surface area contributed by atoms with E-state index in [1.54, 1.807) is 12.1 Å². The van der Waals surface area contributed by atoms with Crippen LogP contribution in [0.25, 0.3) is 0 Å². The number of nitrogens with one attached hydrogen (secondary N) is 1. The van der Waals surface area contributed by atoms with Gasteiger partial charge >= 0.3 is 5.97 Å². The van der Waals surface area contributed by atoms with Crippen LogP contribution >= 0.6 is 23.5 Å². The summed E-state index contributed by atoms with van der Waals surface area (Å²) in [7, 11) is 0. The van der Waals surface area contributed by atoms with Gasteiger partial charge in [-0.2, -0.15) is 5.26 Å². The molecule has 132 valence electrons. The molecule has 1 heterocycles. The number of nitriles is 1. The van der Waals surface area contributed by atoms with Crippen molar-refractivity contribution in [2.24, 2.45) is 0 Å². The number of thioether (sulfide) groups is 2. The molecule has 1 saturated heterocycles. The molecule has 1 aromatic carbocycles. The first-order valence-electron chi connectivity index (χ1n) is 7.45. The average Bonchev–Trinajstić information content (AvgIpc) is 2.94. The lowest BCUT2D eigenvalue weighted by molar-refractivity contribution is -0.147. The van der Waals surface area contributed by atoms with Gasteiger partial charge in [-0.1, -0.05) is 11.8 Å². The SMILES string of the molecule is Cc1cc(SC#N)cc(C)c1NC(=O)COC(=O)CN1CCSC1=O. The first kappa shape index (κ1) is 19.1. The molecule has 7 nitrogen and oxygen atoms in total. The Morgan fingerprint density at radius 3 is 2.64 bits per heavy atom. The topological polar surface area (TPSA) is 99.5 Å². The van der Waals surface area contributed by atoms with Gasteiger partial charge in [0.25, 0.3) is 11.1 Å². The third-order valence-electron chi connectivity index (χ3n) is 3.46. The quantitative estimate of drug-likeness (QED) is 0.460. The van der Waals surface area contributed by atoms with Gasteiger partial charge in [0, 0.05) is 22.9 Å². The van der Waals surface area contributed by atoms with Gasteiger partial charge in [0.1, 0.15) is 11.9 Å². The fraction of sp³-hybridized carbons (Fsp3) is 0.375. The van der Waals surface area contributed by atoms with Crippen LogP contribution in [0.5, 0.6) is 0 Å². The minimum Gasteiger partial charge on any atom is -0.454 e. The number of hydrogen-bond donors (Lipinski definition) is 1. The maximum atomic E-state index is 12.0. The number of amides is 2. The van der Waals surface area contributed by atoms with Crippen LogP contribution in [0.3, 0.4) is 0 Å². The van der Waals surface area contributed by atoms with Crippen molar-refractivity contribution in [3.63, 3.8) is 0 Å². The fourth-order valence-electron chi connectivity index (χ4n) is 2.32. The summed E-state index contributed by atoms with van der Waals surface area (Å²) in [6.45, 7) is 3.61. The second-order valence-electron chi connectivity index (χ2n) is 5.37. The normalized spacial score (nSPS) is 13.5. The van der Waals surface area contributed by atoms with Crippen LogP contribution in [0.1, 0.15) is 11.1 Å². The van der Waals surface area contributed by atoms with Gasteiger partial charge in [-0.3, -0.25) is 14.4 Å². The molecule has 1 aromatic rings. The second-order valence-corrected chi connectivity index (χ2v) is 7.27. The number of anilines is 1. The van der Waals surface area contributed by atoms with Crippen molar-refractivity contribution >= 4 is 46.3 Å². The van der Waals surface area contributed by atoms with Crippen molar-refractivity contribution in [3.05, 3.63) is 23.3 Å². The molecule has 0 unspecified atom stereocenters. The lowest BCUT2D eigenvalue weighted by Gasteiger charge is -2.15. The highest BCUT2D eigenvalue weighted by Gasteiger charge is 2.24. The third-order valence-corrected chi connectivity index (χ3v) is 4.92. The zero-order chi connectivity index (χ0) is 18.4. The third kappa shape index (κ3) is 5.41. The molecule has 2 amide bonds. The minimum atomic E-state index is -0.611. The molecular formula is C16H17N3O4S2. The van der Waals surface area contributed by atoms with E-state index in [0.29, 0.717) is 18.0 Å². The van der Waals surface area contributed by atoms with Gasteiger partial charge in [-0.05, 0) is 48.9 Å². The Balaban J connectivity index is 1.87. The zero-order valence-electron chi connectivity index (χ0n) is 13.8. The molecule has 1 aliphatic rings. The summed E-state index contributed by atoms with van der Waals surface area (Å²) in [6, 6.07) is 3.61. The number of nitrogens with zero attached hydrogens (tertiary/aromatic N) is 2. The first-order chi connectivity index (χ1) is 11.9. The van der Waals surface area contributed by atoms with Gasteiger partial charge in [-0.15, -0.1) is 0 Å². The molecule has 0 radical (unpaired) electrons. The summed E-state index contributed by atoms with van der Waals surface area (Å²) >= 11 is 2.21. The Bertz CT molecular complexity index is 722. The number of carbonyl (C=O) groups excluding carboxylic acids is 3. The van der Waals surface area contributed by atoms with Gasteiger partial charge < -0.3 is 15.0 Å². The smallest absolute Gasteiger partial charge is 0.326 e. The van der Waals surface area contributed by atoms with E-state index in [1.807, 2.05) is 19.2 Å². The van der Waals surface area contributed by atoms with Crippen LogP contribution in [0, 0.1) is 24.5 Å². The van der Waals surface area contributed by atoms with Gasteiger partial charge in [-0.25, -0.2) is 0 Å². The van der Waals surface area contributed by atoms with Crippen LogP contribution in [-0.2, 0) is 14.3 Å². The number of esters is 1. The van der Waals surface area contributed by atoms with E-state index in [9.17, 15) is 14.4 Å². The van der Waals surface area contributed by atoms with Crippen LogP contribution in [-0.4, -0.2) is 47.5 Å². The zero-order valence-corrected chi connectivity index (χ0v) is 15.5. The number of ether oxygens (including phenoxy) is 1. The average molecular weight is 379 g/mol. The van der Waals surface area contributed by atoms with E-state index in [1.165, 1.54) is 4.90 Å². The largest absolute Gasteiger partial charge is 0.454 e. The first-order valence-corrected chi connectivity index (χ1v) is 9.25. The summed E-state index contributed by atoms with van der Waals surface area (Å²) in [4.78, 5) is 37.3. The molecular weight excluding hydrogens is 362 g/mol. The highest BCUT2D eigenvalue weighted by atomic mass is 32.2. The number of hydrogen-bond acceptors (Lipinski definition) is 7. The maximum absolute atomic E-state index is 12.0. The van der Waals surface area contributed by atoms with E-state index in [-0.39, 0.29) is 11.8 Å². The Morgan fingerprint density at radius 2 is 2.08 bits per heavy atom. The van der Waals surface area contributed by atoms with E-state index >= 15 is 0 Å². The Labute approximate surface area is 154 Å². The van der Waals surface area contributed by atoms with Crippen molar-refractivity contribution < 1.29 is 19.1 Å². The van der Waals surface area contributed by atoms with Crippen LogP contribution in [0.15, 0.2) is 17.0 Å². The Morgan fingerprint density at radius 1 is 1.40 bits per heavy atom. The lowest BCUT2D eigenvalue weighted by atomic mass is 10.1. The Kier molecular flexibility index (Phi) is 6.73. The van der Waals surface area contributed by atoms with Crippen molar-refractivity contribution in [2.45, 2.75) is 18.7 Å². The Hall–Kier alpha value is -2.18. The number of carbonyl (C=O) groups is 3. The number of benzene rings is 1. The summed E-state index contributed by atoms with van der Waals surface area (Å²) in [6.07, 6.45) is 0. The molecule has 2 rings (SSSR count). The summed E-state index contributed by atoms with van der Waals surface area (Å²) in [5.74, 6) is -0.409. The number of rotatable bonds is 6. The van der Waals surface area contributed by atoms with Crippen molar-refractivity contribution in [3.8, 4) is 5.40 Å². The van der Waals surface area contributed by atoms with E-state index in [2.05, 4.69) is 5.32 Å². The number of aryl methyl sites for hydroxylation is 2. The molecule has 0 bridgehead atoms. The molecule has 25 heavy (non-hydrogen) atoms. The van der Waals surface area contributed by atoms with Gasteiger partial charge in [0.2, 0.25) is 0 Å². The van der Waals surface area contributed by atoms with Crippen molar-refractivity contribution in [1.29, 1.82) is 5.26 Å². The van der Waals surface area contributed by atoms with E-state index in [4.69, 9.17) is 10.00 Å². The highest BCUT2D eigenvalue weighted by molar-refractivity contribution is 8.13. The molecule has 0 aliphatic carbocycles. The maximum Gasteiger partial charge on any atom is 0.326 e. The van der Waals surface area contributed by atoms with Gasteiger partial charge in [0.05, 0.1) is 0 Å². The van der Waals surface area contributed by atoms with Crippen LogP contribution in [0.2, 0.25) is 0 Å². The predicted octanol–water partition coefficient (Wildman–Crippen LogP) is 2.53. The lowest BCUT2D eigenvalue weighted by Crippen LogP contribution is -2.32. The van der Waals surface area contributed by atoms with E-state index in [0.717, 1.165) is 39.5 Å². The fourth-order valence-corrected chi connectivity index (χ4v) is 3.73. The minimum absolute atomic E-state index is 0.142. The molecule has 0 atom stereocenters. The molecule has 0 aromatic heterocycles. The van der Waals surface area contributed by atoms with E-state index < -0.39 is 18.5 Å². The molecule has 9 heteroatoms. The summed E-state index contributed by atoms with van der Waals surface area (Å²) < 4.78 is 4.93. The molecule has 1 N–H and O–H groups in total. The van der Waals surface area contributed by atoms with Crippen LogP contribution < -0.4 is 5.32 Å². The standard InChI is InChI=1S/C16H17N3O4S2/c1-10-5-12(25-9-17)6-11(2)15(10)18-13(20)8-23-14(21)7-19-3-4-24-16(19)22/h5-6H,3-4,7-8H2,1-2H3,(H,18,20). The monoisotopic (exact) mass is 379 g/mol. The van der Waals surface area contributed by atoms with Crippen molar-refractivity contribution in [1.82, 2.24) is 4.90 Å². The molecule has 0 spiro atoms. The molecule has 1 fully saturated rings. The van der Waals surface area contributed by atoms with Crippen LogP contribution in [0.4, 0.5) is 10.5 Å². The predicted molar refractivity (Wildman–Crippen MR) is 96.4 cm³/mol. The summed E-state index contributed by atoms with van der Waals surface area (Å²) in [5, 5.41) is 13.3. The molecule has 1 aliphatic heterocycles. The van der Waals surface area contributed by atoms with Crippen molar-refractivity contribution in [2.75, 3.05) is 30.8 Å². The summed E-state index contributed by atoms with van der Waals surface area (Å²) in [5.41, 5.74) is 2.27. The second kappa shape index (κ2) is 8.78. The number of thiocyanates is 1. The van der Waals surface area contributed by atoms with Gasteiger partial charge in [0.15, 0.2) is 6.61 Å². The highest BCUT2D eigenvalue weighted by Crippen LogP contribution is 2.27.